The second-order valence-electron chi connectivity index (χ2n) is 5.59. The molecule has 0 aliphatic carbocycles. The van der Waals surface area contributed by atoms with Crippen LogP contribution >= 0.6 is 22.9 Å². The molecule has 0 radical (unpaired) electrons. The topological polar surface area (TPSA) is 45.2 Å². The monoisotopic (exact) mass is 331 g/mol. The van der Waals surface area contributed by atoms with E-state index in [1.807, 2.05) is 32.2 Å². The van der Waals surface area contributed by atoms with Crippen molar-refractivity contribution in [3.05, 3.63) is 34.3 Å². The van der Waals surface area contributed by atoms with E-state index in [0.29, 0.717) is 5.15 Å². The van der Waals surface area contributed by atoms with E-state index in [2.05, 4.69) is 10.3 Å². The molecule has 0 saturated heterocycles. The highest BCUT2D eigenvalue weighted by Gasteiger charge is 2.28. The van der Waals surface area contributed by atoms with Gasteiger partial charge in [-0.25, -0.2) is 4.98 Å². The summed E-state index contributed by atoms with van der Waals surface area (Å²) in [6, 6.07) is 7.89. The summed E-state index contributed by atoms with van der Waals surface area (Å²) in [5, 5.41) is 6.02. The molecule has 1 amide bonds. The molecule has 1 atom stereocenters. The quantitative estimate of drug-likeness (QED) is 0.633. The lowest BCUT2D eigenvalue weighted by Crippen LogP contribution is -2.36. The summed E-state index contributed by atoms with van der Waals surface area (Å²) in [5.41, 5.74) is 1.77. The predicted octanol–water partition coefficient (Wildman–Crippen LogP) is 3.99. The van der Waals surface area contributed by atoms with Gasteiger partial charge >= 0.3 is 0 Å². The van der Waals surface area contributed by atoms with Gasteiger partial charge in [0.2, 0.25) is 0 Å². The van der Waals surface area contributed by atoms with E-state index in [-0.39, 0.29) is 11.9 Å². The average Bonchev–Trinajstić information content (AvgIpc) is 2.85. The number of hydrogen-bond acceptors (Lipinski definition) is 4. The molecule has 1 aliphatic heterocycles. The van der Waals surface area contributed by atoms with Crippen LogP contribution in [0.2, 0.25) is 5.15 Å². The molecule has 1 unspecified atom stereocenters. The Kier molecular flexibility index (Phi) is 3.03. The van der Waals surface area contributed by atoms with E-state index in [1.165, 1.54) is 11.3 Å². The number of anilines is 1. The minimum atomic E-state index is 0.0729. The van der Waals surface area contributed by atoms with E-state index in [9.17, 15) is 4.79 Å². The molecule has 3 heterocycles. The lowest BCUT2D eigenvalue weighted by molar-refractivity contribution is 0.0762. The zero-order valence-corrected chi connectivity index (χ0v) is 13.8. The van der Waals surface area contributed by atoms with Gasteiger partial charge in [-0.15, -0.1) is 11.3 Å². The number of fused-ring (bicyclic) bond motifs is 5. The van der Waals surface area contributed by atoms with Crippen molar-refractivity contribution >= 4 is 55.5 Å². The molecule has 0 bridgehead atoms. The normalized spacial score (nSPS) is 18.4. The number of thiophene rings is 1. The van der Waals surface area contributed by atoms with Crippen LogP contribution in [0.5, 0.6) is 0 Å². The van der Waals surface area contributed by atoms with Crippen LogP contribution in [0.3, 0.4) is 0 Å². The second-order valence-corrected chi connectivity index (χ2v) is 7.03. The van der Waals surface area contributed by atoms with Crippen molar-refractivity contribution in [2.75, 3.05) is 18.9 Å². The number of carbonyl (C=O) groups excluding carboxylic acids is 1. The molecule has 112 valence electrons. The van der Waals surface area contributed by atoms with Gasteiger partial charge < -0.3 is 10.2 Å². The molecule has 6 heteroatoms. The van der Waals surface area contributed by atoms with Gasteiger partial charge in [0, 0.05) is 35.1 Å². The van der Waals surface area contributed by atoms with E-state index in [4.69, 9.17) is 11.6 Å². The third-order valence-corrected chi connectivity index (χ3v) is 5.59. The van der Waals surface area contributed by atoms with Gasteiger partial charge in [-0.1, -0.05) is 11.6 Å². The van der Waals surface area contributed by atoms with Crippen LogP contribution in [0.25, 0.3) is 21.0 Å². The second kappa shape index (κ2) is 4.83. The van der Waals surface area contributed by atoms with Crippen LogP contribution in [-0.4, -0.2) is 35.4 Å². The molecule has 4 nitrogen and oxygen atoms in total. The fourth-order valence-electron chi connectivity index (χ4n) is 2.84. The number of nitrogens with one attached hydrogen (secondary N) is 1. The van der Waals surface area contributed by atoms with E-state index >= 15 is 0 Å². The van der Waals surface area contributed by atoms with Crippen molar-refractivity contribution < 1.29 is 4.79 Å². The maximum atomic E-state index is 12.7. The Labute approximate surface area is 136 Å². The van der Waals surface area contributed by atoms with Gasteiger partial charge in [0.05, 0.1) is 11.2 Å². The molecule has 0 saturated carbocycles. The molecule has 1 N–H and O–H groups in total. The number of amides is 1. The van der Waals surface area contributed by atoms with Gasteiger partial charge in [-0.05, 0) is 31.2 Å². The molecule has 0 fully saturated rings. The third kappa shape index (κ3) is 1.89. The number of rotatable bonds is 0. The van der Waals surface area contributed by atoms with Crippen molar-refractivity contribution in [3.63, 3.8) is 0 Å². The summed E-state index contributed by atoms with van der Waals surface area (Å²) >= 11 is 7.52. The smallest absolute Gasteiger partial charge is 0.266 e. The Morgan fingerprint density at radius 1 is 1.36 bits per heavy atom. The lowest BCUT2D eigenvalue weighted by Gasteiger charge is -2.21. The summed E-state index contributed by atoms with van der Waals surface area (Å²) < 4.78 is 1.09. The summed E-state index contributed by atoms with van der Waals surface area (Å²) in [6.45, 7) is 2.78. The highest BCUT2D eigenvalue weighted by atomic mass is 35.5. The zero-order chi connectivity index (χ0) is 15.4. The fourth-order valence-corrected chi connectivity index (χ4v) is 4.17. The van der Waals surface area contributed by atoms with Gasteiger partial charge in [0.25, 0.3) is 5.91 Å². The minimum Gasteiger partial charge on any atom is -0.381 e. The number of likely N-dealkylation sites (N-methyl/N-ethyl adjacent to an activating group) is 1. The number of halogens is 1. The van der Waals surface area contributed by atoms with Crippen LogP contribution in [0, 0.1) is 0 Å². The number of carbonyl (C=O) groups is 1. The molecular formula is C16H14ClN3OS. The Hall–Kier alpha value is -1.85. The van der Waals surface area contributed by atoms with Gasteiger partial charge in [0.15, 0.2) is 0 Å². The maximum absolute atomic E-state index is 12.7. The van der Waals surface area contributed by atoms with Crippen LogP contribution in [-0.2, 0) is 0 Å². The van der Waals surface area contributed by atoms with Gasteiger partial charge in [-0.2, -0.15) is 0 Å². The summed E-state index contributed by atoms with van der Waals surface area (Å²) in [4.78, 5) is 19.6. The van der Waals surface area contributed by atoms with E-state index < -0.39 is 0 Å². The van der Waals surface area contributed by atoms with Crippen molar-refractivity contribution in [2.24, 2.45) is 0 Å². The molecule has 1 aromatic carbocycles. The minimum absolute atomic E-state index is 0.0729. The van der Waals surface area contributed by atoms with Crippen molar-refractivity contribution in [3.8, 4) is 0 Å². The molecule has 0 spiro atoms. The van der Waals surface area contributed by atoms with Crippen LogP contribution < -0.4 is 5.32 Å². The predicted molar refractivity (Wildman–Crippen MR) is 92.2 cm³/mol. The first-order chi connectivity index (χ1) is 10.6. The Morgan fingerprint density at radius 2 is 2.18 bits per heavy atom. The summed E-state index contributed by atoms with van der Waals surface area (Å²) in [5.74, 6) is 0.0729. The largest absolute Gasteiger partial charge is 0.381 e. The van der Waals surface area contributed by atoms with E-state index in [0.717, 1.165) is 38.1 Å². The van der Waals surface area contributed by atoms with Gasteiger partial charge in [0.1, 0.15) is 10.0 Å². The summed E-state index contributed by atoms with van der Waals surface area (Å²) in [7, 11) is 1.85. The van der Waals surface area contributed by atoms with Crippen molar-refractivity contribution in [1.29, 1.82) is 0 Å². The Morgan fingerprint density at radius 3 is 3.00 bits per heavy atom. The number of nitrogens with zero attached hydrogens (tertiary/aromatic N) is 2. The van der Waals surface area contributed by atoms with E-state index in [1.54, 1.807) is 11.0 Å². The number of hydrogen-bond donors (Lipinski definition) is 1. The summed E-state index contributed by atoms with van der Waals surface area (Å²) in [6.07, 6.45) is 0. The third-order valence-electron chi connectivity index (χ3n) is 4.24. The highest BCUT2D eigenvalue weighted by Crippen LogP contribution is 2.41. The first-order valence-electron chi connectivity index (χ1n) is 7.09. The Balaban J connectivity index is 2.07. The fraction of sp³-hybridized carbons (Fsp3) is 0.250. The first-order valence-corrected chi connectivity index (χ1v) is 8.28. The average molecular weight is 332 g/mol. The first kappa shape index (κ1) is 13.8. The Bertz CT molecular complexity index is 921. The molecule has 1 aliphatic rings. The highest BCUT2D eigenvalue weighted by molar-refractivity contribution is 7.21. The number of pyridine rings is 1. The van der Waals surface area contributed by atoms with Crippen LogP contribution in [0.4, 0.5) is 5.69 Å². The van der Waals surface area contributed by atoms with Gasteiger partial charge in [-0.3, -0.25) is 4.79 Å². The maximum Gasteiger partial charge on any atom is 0.266 e. The standard InChI is InChI=1S/C16H14ClN3OS/c1-8-7-18-14-13-9-3-6-12(17)19-10(9)4-5-11(13)22-15(14)16(21)20(8)2/h3-6,8,18H,7H2,1-2H3. The molecule has 2 aromatic heterocycles. The van der Waals surface area contributed by atoms with Crippen LogP contribution in [0.1, 0.15) is 16.6 Å². The number of benzene rings is 1. The van der Waals surface area contributed by atoms with Crippen LogP contribution in [0.15, 0.2) is 24.3 Å². The number of aromatic nitrogens is 1. The molecule has 22 heavy (non-hydrogen) atoms. The lowest BCUT2D eigenvalue weighted by atomic mass is 10.1. The molecular weight excluding hydrogens is 318 g/mol. The van der Waals surface area contributed by atoms with Crippen molar-refractivity contribution in [1.82, 2.24) is 9.88 Å². The van der Waals surface area contributed by atoms with Crippen molar-refractivity contribution in [2.45, 2.75) is 13.0 Å². The zero-order valence-electron chi connectivity index (χ0n) is 12.2. The molecule has 3 aromatic rings. The SMILES string of the molecule is CC1CNc2c(sc3ccc4nc(Cl)ccc4c23)C(=O)N1C. The molecule has 4 rings (SSSR count).